The highest BCUT2D eigenvalue weighted by Crippen LogP contribution is 2.31. The van der Waals surface area contributed by atoms with Crippen molar-refractivity contribution >= 4 is 29.2 Å². The molecule has 0 bridgehead atoms. The van der Waals surface area contributed by atoms with Crippen molar-refractivity contribution in [2.75, 3.05) is 0 Å². The first-order chi connectivity index (χ1) is 8.94. The van der Waals surface area contributed by atoms with Gasteiger partial charge in [0.1, 0.15) is 0 Å². The number of carboxylic acids is 1. The van der Waals surface area contributed by atoms with Crippen molar-refractivity contribution in [2.24, 2.45) is 0 Å². The van der Waals surface area contributed by atoms with Crippen molar-refractivity contribution < 1.29 is 19.7 Å². The second kappa shape index (κ2) is 6.22. The van der Waals surface area contributed by atoms with Crippen LogP contribution in [-0.4, -0.2) is 16.2 Å². The van der Waals surface area contributed by atoms with Gasteiger partial charge in [-0.2, -0.15) is 0 Å². The van der Waals surface area contributed by atoms with Gasteiger partial charge in [0, 0.05) is 10.0 Å². The Labute approximate surface area is 124 Å². The van der Waals surface area contributed by atoms with E-state index >= 15 is 0 Å². The van der Waals surface area contributed by atoms with Crippen LogP contribution in [0.15, 0.2) is 48.5 Å². The van der Waals surface area contributed by atoms with Gasteiger partial charge >= 0.3 is 5.97 Å². The number of carboxylic acid groups (broad SMARTS) is 1. The number of carbonyl (C=O) groups is 1. The van der Waals surface area contributed by atoms with Crippen molar-refractivity contribution in [2.45, 2.75) is 5.60 Å². The smallest absolute Gasteiger partial charge is 0.345 e. The fourth-order valence-electron chi connectivity index (χ4n) is 1.80. The normalized spacial score (nSPS) is 10.8. The van der Waals surface area contributed by atoms with E-state index in [0.29, 0.717) is 10.0 Å². The summed E-state index contributed by atoms with van der Waals surface area (Å²) in [6.07, 6.45) is 0. The van der Waals surface area contributed by atoms with Gasteiger partial charge in [0.2, 0.25) is 5.60 Å². The Balaban J connectivity index is 0.00000200. The number of hydrogen-bond acceptors (Lipinski definition) is 2. The highest BCUT2D eigenvalue weighted by Gasteiger charge is 2.40. The fourth-order valence-corrected chi connectivity index (χ4v) is 2.05. The van der Waals surface area contributed by atoms with Gasteiger partial charge in [-0.25, -0.2) is 4.79 Å². The molecular weight excluding hydrogens is 306 g/mol. The standard InChI is InChI=1S/C14H10Cl2O3.FH/c15-11-5-1-9(2-6-11)14(19,13(17)18)10-3-7-12(16)8-4-10;/h1-8,19H,(H,17,18);1H. The average Bonchev–Trinajstić information content (AvgIpc) is 2.39. The third-order valence-electron chi connectivity index (χ3n) is 2.83. The summed E-state index contributed by atoms with van der Waals surface area (Å²) in [4.78, 5) is 11.5. The van der Waals surface area contributed by atoms with Crippen LogP contribution < -0.4 is 0 Å². The van der Waals surface area contributed by atoms with Crippen LogP contribution in [0.25, 0.3) is 0 Å². The molecule has 2 rings (SSSR count). The zero-order valence-electron chi connectivity index (χ0n) is 10.1. The van der Waals surface area contributed by atoms with Gasteiger partial charge in [0.25, 0.3) is 0 Å². The highest BCUT2D eigenvalue weighted by atomic mass is 35.5. The summed E-state index contributed by atoms with van der Waals surface area (Å²) in [6, 6.07) is 12.0. The second-order valence-electron chi connectivity index (χ2n) is 4.03. The fraction of sp³-hybridized carbons (Fsp3) is 0.0714. The molecule has 2 aromatic rings. The van der Waals surface area contributed by atoms with Crippen molar-refractivity contribution in [3.05, 3.63) is 69.7 Å². The van der Waals surface area contributed by atoms with Crippen LogP contribution in [-0.2, 0) is 10.4 Å². The molecule has 0 aliphatic rings. The molecule has 20 heavy (non-hydrogen) atoms. The minimum absolute atomic E-state index is 0. The summed E-state index contributed by atoms with van der Waals surface area (Å²) in [5.74, 6) is -1.36. The molecule has 6 heteroatoms. The quantitative estimate of drug-likeness (QED) is 0.911. The van der Waals surface area contributed by atoms with Gasteiger partial charge in [-0.05, 0) is 35.4 Å². The van der Waals surface area contributed by atoms with E-state index in [1.54, 1.807) is 0 Å². The van der Waals surface area contributed by atoms with Crippen LogP contribution in [0.3, 0.4) is 0 Å². The van der Waals surface area contributed by atoms with E-state index in [1.165, 1.54) is 48.5 Å². The maximum absolute atomic E-state index is 11.5. The van der Waals surface area contributed by atoms with E-state index in [0.717, 1.165) is 0 Å². The minimum Gasteiger partial charge on any atom is -0.479 e. The molecule has 3 nitrogen and oxygen atoms in total. The minimum atomic E-state index is -2.13. The van der Waals surface area contributed by atoms with E-state index in [9.17, 15) is 15.0 Å². The van der Waals surface area contributed by atoms with E-state index in [4.69, 9.17) is 23.2 Å². The molecule has 0 unspecified atom stereocenters. The third kappa shape index (κ3) is 2.93. The van der Waals surface area contributed by atoms with E-state index in [1.807, 2.05) is 0 Å². The van der Waals surface area contributed by atoms with E-state index in [-0.39, 0.29) is 15.8 Å². The summed E-state index contributed by atoms with van der Waals surface area (Å²) < 4.78 is 0. The topological polar surface area (TPSA) is 57.5 Å². The molecule has 0 saturated carbocycles. The Morgan fingerprint density at radius 3 is 1.40 bits per heavy atom. The van der Waals surface area contributed by atoms with Gasteiger partial charge in [0.15, 0.2) is 0 Å². The predicted molar refractivity (Wildman–Crippen MR) is 76.0 cm³/mol. The summed E-state index contributed by atoms with van der Waals surface area (Å²) in [6.45, 7) is 0. The zero-order valence-corrected chi connectivity index (χ0v) is 11.6. The molecule has 0 aliphatic carbocycles. The predicted octanol–water partition coefficient (Wildman–Crippen LogP) is 3.47. The Hall–Kier alpha value is -1.62. The first-order valence-electron chi connectivity index (χ1n) is 5.42. The largest absolute Gasteiger partial charge is 0.479 e. The maximum atomic E-state index is 11.5. The van der Waals surface area contributed by atoms with Gasteiger partial charge in [-0.3, -0.25) is 4.70 Å². The molecule has 0 saturated heterocycles. The Bertz CT molecular complexity index is 551. The van der Waals surface area contributed by atoms with Gasteiger partial charge in [-0.15, -0.1) is 0 Å². The SMILES string of the molecule is F.O=C(O)C(O)(c1ccc(Cl)cc1)c1ccc(Cl)cc1. The lowest BCUT2D eigenvalue weighted by Gasteiger charge is -2.24. The zero-order chi connectivity index (χ0) is 14.0. The van der Waals surface area contributed by atoms with Gasteiger partial charge in [0.05, 0.1) is 0 Å². The molecule has 0 atom stereocenters. The average molecular weight is 317 g/mol. The molecule has 0 radical (unpaired) electrons. The van der Waals surface area contributed by atoms with Crippen LogP contribution in [0, 0.1) is 0 Å². The highest BCUT2D eigenvalue weighted by molar-refractivity contribution is 6.30. The molecular formula is C14H11Cl2FO3. The molecule has 2 aromatic carbocycles. The molecule has 0 spiro atoms. The number of aliphatic hydroxyl groups is 1. The van der Waals surface area contributed by atoms with Gasteiger partial charge in [-0.1, -0.05) is 47.5 Å². The maximum Gasteiger partial charge on any atom is 0.345 e. The summed E-state index contributed by atoms with van der Waals surface area (Å²) in [7, 11) is 0. The van der Waals surface area contributed by atoms with E-state index < -0.39 is 11.6 Å². The summed E-state index contributed by atoms with van der Waals surface area (Å²) in [5, 5.41) is 20.8. The van der Waals surface area contributed by atoms with Crippen LogP contribution in [0.1, 0.15) is 11.1 Å². The lowest BCUT2D eigenvalue weighted by atomic mass is 9.86. The lowest BCUT2D eigenvalue weighted by molar-refractivity contribution is -0.155. The number of rotatable bonds is 3. The third-order valence-corrected chi connectivity index (χ3v) is 3.34. The first-order valence-corrected chi connectivity index (χ1v) is 6.18. The van der Waals surface area contributed by atoms with Crippen LogP contribution in [0.2, 0.25) is 10.0 Å². The molecule has 0 aliphatic heterocycles. The van der Waals surface area contributed by atoms with E-state index in [2.05, 4.69) is 0 Å². The number of benzene rings is 2. The lowest BCUT2D eigenvalue weighted by Crippen LogP contribution is -2.36. The monoisotopic (exact) mass is 316 g/mol. The molecule has 0 amide bonds. The summed E-state index contributed by atoms with van der Waals surface area (Å²) in [5.41, 5.74) is -1.67. The number of aliphatic carboxylic acids is 1. The Morgan fingerprint density at radius 2 is 1.15 bits per heavy atom. The molecule has 106 valence electrons. The van der Waals surface area contributed by atoms with Crippen molar-refractivity contribution in [1.29, 1.82) is 0 Å². The number of hydrogen-bond donors (Lipinski definition) is 2. The second-order valence-corrected chi connectivity index (χ2v) is 4.90. The summed E-state index contributed by atoms with van der Waals surface area (Å²) >= 11 is 11.5. The molecule has 0 heterocycles. The number of halogens is 3. The van der Waals surface area contributed by atoms with Crippen LogP contribution in [0.4, 0.5) is 4.70 Å². The Morgan fingerprint density at radius 1 is 0.850 bits per heavy atom. The molecule has 2 N–H and O–H groups in total. The van der Waals surface area contributed by atoms with Crippen molar-refractivity contribution in [3.8, 4) is 0 Å². The van der Waals surface area contributed by atoms with Crippen molar-refractivity contribution in [1.82, 2.24) is 0 Å². The van der Waals surface area contributed by atoms with Crippen LogP contribution in [0.5, 0.6) is 0 Å². The van der Waals surface area contributed by atoms with Crippen LogP contribution >= 0.6 is 23.2 Å². The van der Waals surface area contributed by atoms with Gasteiger partial charge < -0.3 is 10.2 Å². The molecule has 0 aromatic heterocycles. The first kappa shape index (κ1) is 16.4. The Kier molecular flexibility index (Phi) is 5.11. The van der Waals surface area contributed by atoms with Crippen molar-refractivity contribution in [3.63, 3.8) is 0 Å². The molecule has 0 fully saturated rings.